The van der Waals surface area contributed by atoms with Crippen LogP contribution in [0, 0.1) is 0 Å². The third-order valence-electron chi connectivity index (χ3n) is 1.32. The van der Waals surface area contributed by atoms with E-state index in [0.29, 0.717) is 0 Å². The van der Waals surface area contributed by atoms with Gasteiger partial charge in [-0.05, 0) is 13.8 Å². The summed E-state index contributed by atoms with van der Waals surface area (Å²) in [5.74, 6) is 0. The van der Waals surface area contributed by atoms with Gasteiger partial charge in [0.1, 0.15) is 0 Å². The van der Waals surface area contributed by atoms with Gasteiger partial charge >= 0.3 is 0 Å². The lowest BCUT2D eigenvalue weighted by molar-refractivity contribution is 0.231. The summed E-state index contributed by atoms with van der Waals surface area (Å²) in [5.41, 5.74) is 3.34. The summed E-state index contributed by atoms with van der Waals surface area (Å²) in [6.45, 7) is 10.6. The Balaban J connectivity index is 4.17. The van der Waals surface area contributed by atoms with Gasteiger partial charge in [0.15, 0.2) is 0 Å². The first-order valence-corrected chi connectivity index (χ1v) is 7.28. The quantitative estimate of drug-likeness (QED) is 0.611. The van der Waals surface area contributed by atoms with Gasteiger partial charge in [0.25, 0.3) is 0 Å². The maximum atomic E-state index is 9.14. The normalized spacial score (nSPS) is 17.2. The second-order valence-corrected chi connectivity index (χ2v) is 8.95. The van der Waals surface area contributed by atoms with Crippen LogP contribution in [0.1, 0.15) is 13.8 Å². The third kappa shape index (κ3) is 4.76. The summed E-state index contributed by atoms with van der Waals surface area (Å²) in [6, 6.07) is 0. The average Bonchev–Trinajstić information content (AvgIpc) is 1.60. The van der Waals surface area contributed by atoms with Crippen LogP contribution in [0.15, 0.2) is 11.3 Å². The molecular weight excluding hydrogens is 140 g/mol. The Morgan fingerprint density at radius 3 is 1.90 bits per heavy atom. The average molecular weight is 158 g/mol. The van der Waals surface area contributed by atoms with Crippen molar-refractivity contribution in [3.05, 3.63) is 11.3 Å². The molecule has 1 nitrogen and oxygen atoms in total. The second-order valence-electron chi connectivity index (χ2n) is 3.93. The zero-order valence-electron chi connectivity index (χ0n) is 7.60. The van der Waals surface area contributed by atoms with Crippen molar-refractivity contribution < 1.29 is 5.11 Å². The zero-order chi connectivity index (χ0) is 8.36. The number of rotatable bonds is 2. The molecule has 0 fully saturated rings. The van der Waals surface area contributed by atoms with E-state index in [4.69, 9.17) is 5.11 Å². The van der Waals surface area contributed by atoms with Crippen LogP contribution in [0.2, 0.25) is 19.6 Å². The molecule has 0 bridgehead atoms. The largest absolute Gasteiger partial charge is 0.389 e. The van der Waals surface area contributed by atoms with Gasteiger partial charge in [-0.3, -0.25) is 0 Å². The van der Waals surface area contributed by atoms with Crippen LogP contribution in [-0.2, 0) is 0 Å². The number of hydrogen-bond acceptors (Lipinski definition) is 1. The highest BCUT2D eigenvalue weighted by atomic mass is 28.3. The Labute approximate surface area is 64.8 Å². The molecule has 0 aromatic heterocycles. The smallest absolute Gasteiger partial charge is 0.0715 e. The van der Waals surface area contributed by atoms with Crippen LogP contribution >= 0.6 is 0 Å². The molecule has 0 aromatic rings. The minimum Gasteiger partial charge on any atom is -0.389 e. The summed E-state index contributed by atoms with van der Waals surface area (Å²) in [7, 11) is -1.11. The van der Waals surface area contributed by atoms with E-state index in [2.05, 4.69) is 25.3 Å². The molecule has 0 radical (unpaired) electrons. The third-order valence-corrected chi connectivity index (χ3v) is 2.64. The fourth-order valence-corrected chi connectivity index (χ4v) is 2.41. The first-order valence-electron chi connectivity index (χ1n) is 3.70. The molecule has 0 aliphatic heterocycles. The first kappa shape index (κ1) is 9.92. The molecule has 1 N–H and O–H groups in total. The molecule has 0 heterocycles. The lowest BCUT2D eigenvalue weighted by Crippen LogP contribution is -2.18. The van der Waals surface area contributed by atoms with Crippen LogP contribution in [0.25, 0.3) is 0 Å². The van der Waals surface area contributed by atoms with Crippen molar-refractivity contribution in [1.29, 1.82) is 0 Å². The summed E-state index contributed by atoms with van der Waals surface area (Å²) in [4.78, 5) is 0. The molecule has 0 rings (SSSR count). The highest BCUT2D eigenvalue weighted by Crippen LogP contribution is 2.09. The molecule has 0 aliphatic rings. The van der Waals surface area contributed by atoms with Gasteiger partial charge in [-0.25, -0.2) is 0 Å². The second kappa shape index (κ2) is 3.35. The van der Waals surface area contributed by atoms with Crippen LogP contribution in [0.5, 0.6) is 0 Å². The van der Waals surface area contributed by atoms with Crippen LogP contribution in [0.4, 0.5) is 0 Å². The van der Waals surface area contributed by atoms with E-state index in [-0.39, 0.29) is 6.10 Å². The highest BCUT2D eigenvalue weighted by Gasteiger charge is 2.10. The maximum Gasteiger partial charge on any atom is 0.0715 e. The Morgan fingerprint density at radius 1 is 1.40 bits per heavy atom. The summed E-state index contributed by atoms with van der Waals surface area (Å²) < 4.78 is 0. The maximum absolute atomic E-state index is 9.14. The monoisotopic (exact) mass is 158 g/mol. The van der Waals surface area contributed by atoms with E-state index in [1.54, 1.807) is 0 Å². The SMILES string of the molecule is C/C(=C\[Si](C)(C)C)C(C)O. The topological polar surface area (TPSA) is 20.2 Å². The lowest BCUT2D eigenvalue weighted by atomic mass is 10.2. The van der Waals surface area contributed by atoms with E-state index >= 15 is 0 Å². The molecule has 1 atom stereocenters. The standard InChI is InChI=1S/C8H18OSi/c1-7(8(2)9)6-10(3,4)5/h6,8-9H,1-5H3/b7-6+. The zero-order valence-corrected chi connectivity index (χ0v) is 8.60. The van der Waals surface area contributed by atoms with Gasteiger partial charge in [-0.15, -0.1) is 0 Å². The Morgan fingerprint density at radius 2 is 1.80 bits per heavy atom. The summed E-state index contributed by atoms with van der Waals surface area (Å²) >= 11 is 0. The lowest BCUT2D eigenvalue weighted by Gasteiger charge is -2.13. The fourth-order valence-electron chi connectivity index (χ4n) is 0.804. The van der Waals surface area contributed by atoms with Crippen LogP contribution < -0.4 is 0 Å². The molecule has 0 amide bonds. The Hall–Kier alpha value is -0.0831. The predicted molar refractivity (Wildman–Crippen MR) is 48.8 cm³/mol. The Bertz CT molecular complexity index is 131. The van der Waals surface area contributed by atoms with Crippen LogP contribution in [-0.4, -0.2) is 19.3 Å². The van der Waals surface area contributed by atoms with Crippen molar-refractivity contribution in [2.75, 3.05) is 0 Å². The molecule has 60 valence electrons. The van der Waals surface area contributed by atoms with E-state index in [1.807, 2.05) is 13.8 Å². The highest BCUT2D eigenvalue weighted by molar-refractivity contribution is 6.81. The number of hydrogen-bond donors (Lipinski definition) is 1. The molecule has 0 aromatic carbocycles. The minimum absolute atomic E-state index is 0.272. The molecule has 0 saturated carbocycles. The van der Waals surface area contributed by atoms with Crippen molar-refractivity contribution in [2.45, 2.75) is 39.6 Å². The molecule has 0 saturated heterocycles. The molecule has 10 heavy (non-hydrogen) atoms. The number of aliphatic hydroxyl groups is 1. The minimum atomic E-state index is -1.11. The van der Waals surface area contributed by atoms with Gasteiger partial charge in [0.05, 0.1) is 14.2 Å². The van der Waals surface area contributed by atoms with Gasteiger partial charge in [0, 0.05) is 0 Å². The summed E-state index contributed by atoms with van der Waals surface area (Å²) in [6.07, 6.45) is -0.272. The van der Waals surface area contributed by atoms with Crippen LogP contribution in [0.3, 0.4) is 0 Å². The molecule has 0 aliphatic carbocycles. The van der Waals surface area contributed by atoms with Gasteiger partial charge in [0.2, 0.25) is 0 Å². The molecular formula is C8H18OSi. The van der Waals surface area contributed by atoms with E-state index in [1.165, 1.54) is 0 Å². The van der Waals surface area contributed by atoms with Crippen molar-refractivity contribution >= 4 is 8.07 Å². The first-order chi connectivity index (χ1) is 4.33. The van der Waals surface area contributed by atoms with Gasteiger partial charge in [-0.1, -0.05) is 30.9 Å². The van der Waals surface area contributed by atoms with Gasteiger partial charge in [-0.2, -0.15) is 0 Å². The molecule has 2 heteroatoms. The van der Waals surface area contributed by atoms with Crippen molar-refractivity contribution in [2.24, 2.45) is 0 Å². The molecule has 0 spiro atoms. The van der Waals surface area contributed by atoms with E-state index in [9.17, 15) is 0 Å². The van der Waals surface area contributed by atoms with Crippen molar-refractivity contribution in [3.8, 4) is 0 Å². The predicted octanol–water partition coefficient (Wildman–Crippen LogP) is 2.19. The van der Waals surface area contributed by atoms with Crippen molar-refractivity contribution in [3.63, 3.8) is 0 Å². The number of aliphatic hydroxyl groups excluding tert-OH is 1. The Kier molecular flexibility index (Phi) is 3.32. The van der Waals surface area contributed by atoms with E-state index < -0.39 is 8.07 Å². The van der Waals surface area contributed by atoms with Crippen molar-refractivity contribution in [1.82, 2.24) is 0 Å². The van der Waals surface area contributed by atoms with Gasteiger partial charge < -0.3 is 5.11 Å². The van der Waals surface area contributed by atoms with E-state index in [0.717, 1.165) is 5.57 Å². The molecule has 1 unspecified atom stereocenters. The summed E-state index contributed by atoms with van der Waals surface area (Å²) in [5, 5.41) is 9.14. The fraction of sp³-hybridized carbons (Fsp3) is 0.750.